The SMILES string of the molecule is COc1ccccc1CNc1nccc(Nc2ccc(C(=O)O)cc2)n1. The van der Waals surface area contributed by atoms with Crippen LogP contribution in [0.15, 0.2) is 60.8 Å². The number of aromatic carboxylic acids is 1. The number of carboxylic acid groups (broad SMARTS) is 1. The third kappa shape index (κ3) is 4.27. The predicted octanol–water partition coefficient (Wildman–Crippen LogP) is 3.54. The van der Waals surface area contributed by atoms with E-state index in [0.29, 0.717) is 18.3 Å². The Morgan fingerprint density at radius 3 is 2.62 bits per heavy atom. The molecule has 132 valence electrons. The highest BCUT2D eigenvalue weighted by Crippen LogP contribution is 2.19. The first-order valence-electron chi connectivity index (χ1n) is 7.95. The van der Waals surface area contributed by atoms with Crippen LogP contribution in [0.1, 0.15) is 15.9 Å². The number of rotatable bonds is 7. The molecule has 0 fully saturated rings. The molecular formula is C19H18N4O3. The number of hydrogen-bond acceptors (Lipinski definition) is 6. The van der Waals surface area contributed by atoms with Gasteiger partial charge in [-0.1, -0.05) is 18.2 Å². The van der Waals surface area contributed by atoms with Gasteiger partial charge in [0.15, 0.2) is 0 Å². The van der Waals surface area contributed by atoms with Gasteiger partial charge < -0.3 is 20.5 Å². The first-order valence-corrected chi connectivity index (χ1v) is 7.95. The van der Waals surface area contributed by atoms with Crippen LogP contribution in [-0.4, -0.2) is 28.2 Å². The van der Waals surface area contributed by atoms with Crippen LogP contribution in [0, 0.1) is 0 Å². The van der Waals surface area contributed by atoms with Crippen LogP contribution in [0.4, 0.5) is 17.5 Å². The Bertz CT molecular complexity index is 897. The lowest BCUT2D eigenvalue weighted by Crippen LogP contribution is -2.06. The van der Waals surface area contributed by atoms with Gasteiger partial charge in [0.1, 0.15) is 11.6 Å². The molecule has 0 spiro atoms. The van der Waals surface area contributed by atoms with E-state index >= 15 is 0 Å². The molecule has 1 heterocycles. The summed E-state index contributed by atoms with van der Waals surface area (Å²) in [5.41, 5.74) is 1.98. The third-order valence-electron chi connectivity index (χ3n) is 3.69. The Morgan fingerprint density at radius 2 is 1.88 bits per heavy atom. The van der Waals surface area contributed by atoms with Crippen LogP contribution >= 0.6 is 0 Å². The zero-order valence-electron chi connectivity index (χ0n) is 14.1. The number of carbonyl (C=O) groups is 1. The highest BCUT2D eigenvalue weighted by atomic mass is 16.5. The minimum atomic E-state index is -0.957. The first kappa shape index (κ1) is 17.2. The Labute approximate surface area is 150 Å². The summed E-state index contributed by atoms with van der Waals surface area (Å²) >= 11 is 0. The zero-order valence-corrected chi connectivity index (χ0v) is 14.1. The fourth-order valence-electron chi connectivity index (χ4n) is 2.38. The summed E-state index contributed by atoms with van der Waals surface area (Å²) in [6.45, 7) is 0.529. The molecule has 1 aromatic heterocycles. The van der Waals surface area contributed by atoms with E-state index < -0.39 is 5.97 Å². The van der Waals surface area contributed by atoms with Crippen molar-refractivity contribution in [2.75, 3.05) is 17.7 Å². The smallest absolute Gasteiger partial charge is 0.335 e. The standard InChI is InChI=1S/C19H18N4O3/c1-26-16-5-3-2-4-14(16)12-21-19-20-11-10-17(23-19)22-15-8-6-13(7-9-15)18(24)25/h2-11H,12H2,1H3,(H,24,25)(H2,20,21,22,23). The predicted molar refractivity (Wildman–Crippen MR) is 99.0 cm³/mol. The number of nitrogens with zero attached hydrogens (tertiary/aromatic N) is 2. The minimum absolute atomic E-state index is 0.234. The van der Waals surface area contributed by atoms with E-state index in [1.165, 1.54) is 12.1 Å². The van der Waals surface area contributed by atoms with Crippen LogP contribution in [0.2, 0.25) is 0 Å². The van der Waals surface area contributed by atoms with E-state index in [-0.39, 0.29) is 5.56 Å². The molecule has 0 atom stereocenters. The van der Waals surface area contributed by atoms with Crippen molar-refractivity contribution >= 4 is 23.4 Å². The van der Waals surface area contributed by atoms with Crippen LogP contribution in [0.25, 0.3) is 0 Å². The van der Waals surface area contributed by atoms with E-state index in [1.807, 2.05) is 24.3 Å². The van der Waals surface area contributed by atoms with Crippen LogP contribution < -0.4 is 15.4 Å². The van der Waals surface area contributed by atoms with Gasteiger partial charge in [-0.15, -0.1) is 0 Å². The van der Waals surface area contributed by atoms with E-state index in [4.69, 9.17) is 9.84 Å². The highest BCUT2D eigenvalue weighted by Gasteiger charge is 2.05. The summed E-state index contributed by atoms with van der Waals surface area (Å²) in [7, 11) is 1.63. The zero-order chi connectivity index (χ0) is 18.4. The number of hydrogen-bond donors (Lipinski definition) is 3. The maximum atomic E-state index is 10.9. The third-order valence-corrected chi connectivity index (χ3v) is 3.69. The van der Waals surface area contributed by atoms with Crippen molar-refractivity contribution in [3.8, 4) is 5.75 Å². The molecule has 0 radical (unpaired) electrons. The molecule has 7 heteroatoms. The summed E-state index contributed by atoms with van der Waals surface area (Å²) in [6, 6.07) is 15.9. The fourth-order valence-corrected chi connectivity index (χ4v) is 2.38. The molecule has 2 aromatic carbocycles. The van der Waals surface area contributed by atoms with Crippen molar-refractivity contribution in [3.05, 3.63) is 71.9 Å². The molecule has 0 aliphatic rings. The van der Waals surface area contributed by atoms with Gasteiger partial charge in [0.05, 0.1) is 12.7 Å². The summed E-state index contributed by atoms with van der Waals surface area (Å²) in [6.07, 6.45) is 1.64. The number of benzene rings is 2. The number of anilines is 3. The number of methoxy groups -OCH3 is 1. The second-order valence-corrected chi connectivity index (χ2v) is 5.44. The van der Waals surface area contributed by atoms with Gasteiger partial charge in [-0.25, -0.2) is 9.78 Å². The molecule has 3 N–H and O–H groups in total. The number of carboxylic acids is 1. The minimum Gasteiger partial charge on any atom is -0.496 e. The molecule has 7 nitrogen and oxygen atoms in total. The van der Waals surface area contributed by atoms with Gasteiger partial charge in [-0.3, -0.25) is 0 Å². The van der Waals surface area contributed by atoms with E-state index in [0.717, 1.165) is 17.0 Å². The summed E-state index contributed by atoms with van der Waals surface area (Å²) in [4.78, 5) is 19.5. The Morgan fingerprint density at radius 1 is 1.12 bits per heavy atom. The van der Waals surface area contributed by atoms with Gasteiger partial charge >= 0.3 is 5.97 Å². The van der Waals surface area contributed by atoms with Crippen LogP contribution in [0.5, 0.6) is 5.75 Å². The van der Waals surface area contributed by atoms with Crippen LogP contribution in [-0.2, 0) is 6.54 Å². The summed E-state index contributed by atoms with van der Waals surface area (Å²) in [5, 5.41) is 15.2. The largest absolute Gasteiger partial charge is 0.496 e. The van der Waals surface area contributed by atoms with Crippen molar-refractivity contribution in [1.29, 1.82) is 0 Å². The Kier molecular flexibility index (Phi) is 5.28. The molecule has 3 rings (SSSR count). The number of nitrogens with one attached hydrogen (secondary N) is 2. The maximum absolute atomic E-state index is 10.9. The van der Waals surface area contributed by atoms with Crippen LogP contribution in [0.3, 0.4) is 0 Å². The van der Waals surface area contributed by atoms with Gasteiger partial charge in [-0.05, 0) is 36.4 Å². The summed E-state index contributed by atoms with van der Waals surface area (Å²) < 4.78 is 5.33. The van der Waals surface area contributed by atoms with E-state index in [2.05, 4.69) is 20.6 Å². The Balaban J connectivity index is 1.67. The molecule has 0 aliphatic carbocycles. The Hall–Kier alpha value is -3.61. The summed E-state index contributed by atoms with van der Waals surface area (Å²) in [5.74, 6) is 0.919. The molecular weight excluding hydrogens is 332 g/mol. The highest BCUT2D eigenvalue weighted by molar-refractivity contribution is 5.88. The number of aromatic nitrogens is 2. The van der Waals surface area contributed by atoms with E-state index in [9.17, 15) is 4.79 Å². The molecule has 0 unspecified atom stereocenters. The second-order valence-electron chi connectivity index (χ2n) is 5.44. The number of ether oxygens (including phenoxy) is 1. The van der Waals surface area contributed by atoms with Crippen molar-refractivity contribution in [2.24, 2.45) is 0 Å². The van der Waals surface area contributed by atoms with Crippen molar-refractivity contribution in [2.45, 2.75) is 6.54 Å². The van der Waals surface area contributed by atoms with Crippen molar-refractivity contribution in [1.82, 2.24) is 9.97 Å². The molecule has 0 amide bonds. The van der Waals surface area contributed by atoms with Crippen molar-refractivity contribution in [3.63, 3.8) is 0 Å². The monoisotopic (exact) mass is 350 g/mol. The van der Waals surface area contributed by atoms with Gasteiger partial charge in [0, 0.05) is 24.0 Å². The molecule has 0 saturated heterocycles. The first-order chi connectivity index (χ1) is 12.7. The quantitative estimate of drug-likeness (QED) is 0.600. The molecule has 0 saturated carbocycles. The average Bonchev–Trinajstić information content (AvgIpc) is 2.67. The molecule has 0 bridgehead atoms. The van der Waals surface area contributed by atoms with Crippen molar-refractivity contribution < 1.29 is 14.6 Å². The van der Waals surface area contributed by atoms with E-state index in [1.54, 1.807) is 31.5 Å². The average molecular weight is 350 g/mol. The molecule has 26 heavy (non-hydrogen) atoms. The normalized spacial score (nSPS) is 10.2. The lowest BCUT2D eigenvalue weighted by Gasteiger charge is -2.10. The van der Waals surface area contributed by atoms with Gasteiger partial charge in [0.25, 0.3) is 0 Å². The van der Waals surface area contributed by atoms with Gasteiger partial charge in [0.2, 0.25) is 5.95 Å². The second kappa shape index (κ2) is 7.98. The fraction of sp³-hybridized carbons (Fsp3) is 0.105. The van der Waals surface area contributed by atoms with Gasteiger partial charge in [-0.2, -0.15) is 4.98 Å². The topological polar surface area (TPSA) is 96.4 Å². The lowest BCUT2D eigenvalue weighted by atomic mass is 10.2. The number of para-hydroxylation sites is 1. The molecule has 3 aromatic rings. The lowest BCUT2D eigenvalue weighted by molar-refractivity contribution is 0.0697. The maximum Gasteiger partial charge on any atom is 0.335 e. The molecule has 0 aliphatic heterocycles.